The largest absolute Gasteiger partial charge is 0.494 e. The molecule has 1 aromatic carbocycles. The lowest BCUT2D eigenvalue weighted by molar-refractivity contribution is -0.116. The van der Waals surface area contributed by atoms with E-state index in [1.165, 1.54) is 31.7 Å². The zero-order chi connectivity index (χ0) is 13.7. The van der Waals surface area contributed by atoms with Crippen LogP contribution in [0.2, 0.25) is 0 Å². The maximum atomic E-state index is 13.2. The minimum atomic E-state index is -0.435. The van der Waals surface area contributed by atoms with E-state index in [9.17, 15) is 9.18 Å². The van der Waals surface area contributed by atoms with Crippen molar-refractivity contribution in [3.8, 4) is 5.75 Å². The molecule has 1 unspecified atom stereocenters. The highest BCUT2D eigenvalue weighted by Crippen LogP contribution is 2.21. The van der Waals surface area contributed by atoms with Crippen LogP contribution in [0.1, 0.15) is 25.7 Å². The molecule has 1 aliphatic rings. The molecule has 1 fully saturated rings. The molecule has 1 saturated heterocycles. The fourth-order valence-corrected chi connectivity index (χ4v) is 2.27. The minimum absolute atomic E-state index is 0. The predicted octanol–water partition coefficient (Wildman–Crippen LogP) is 2.73. The number of nitrogens with one attached hydrogen (secondary N) is 2. The molecule has 0 saturated carbocycles. The summed E-state index contributed by atoms with van der Waals surface area (Å²) < 4.78 is 18.1. The van der Waals surface area contributed by atoms with Gasteiger partial charge in [-0.15, -0.1) is 12.4 Å². The highest BCUT2D eigenvalue weighted by molar-refractivity contribution is 5.90. The number of benzene rings is 1. The van der Waals surface area contributed by atoms with Crippen molar-refractivity contribution >= 4 is 24.0 Å². The number of methoxy groups -OCH3 is 1. The molecule has 0 bridgehead atoms. The summed E-state index contributed by atoms with van der Waals surface area (Å²) in [4.78, 5) is 11.8. The van der Waals surface area contributed by atoms with E-state index in [-0.39, 0.29) is 24.1 Å². The van der Waals surface area contributed by atoms with Crippen LogP contribution in [0.3, 0.4) is 0 Å². The first-order valence-electron chi connectivity index (χ1n) is 6.56. The number of hydrogen-bond donors (Lipinski definition) is 2. The molecular formula is C14H20ClFN2O2. The van der Waals surface area contributed by atoms with Crippen LogP contribution in [0.25, 0.3) is 0 Å². The Labute approximate surface area is 124 Å². The van der Waals surface area contributed by atoms with Crippen LogP contribution in [0, 0.1) is 5.82 Å². The number of rotatable bonds is 5. The quantitative estimate of drug-likeness (QED) is 0.879. The van der Waals surface area contributed by atoms with E-state index in [4.69, 9.17) is 4.74 Å². The SMILES string of the molecule is COc1cc(NC(=O)CCC2CCCN2)ccc1F.Cl. The van der Waals surface area contributed by atoms with Crippen molar-refractivity contribution in [2.24, 2.45) is 0 Å². The molecule has 6 heteroatoms. The van der Waals surface area contributed by atoms with Crippen molar-refractivity contribution in [3.05, 3.63) is 24.0 Å². The van der Waals surface area contributed by atoms with Gasteiger partial charge >= 0.3 is 0 Å². The molecule has 2 rings (SSSR count). The third-order valence-electron chi connectivity index (χ3n) is 3.32. The number of ether oxygens (including phenoxy) is 1. The first-order valence-corrected chi connectivity index (χ1v) is 6.56. The first kappa shape index (κ1) is 16.7. The summed E-state index contributed by atoms with van der Waals surface area (Å²) in [6.45, 7) is 1.04. The lowest BCUT2D eigenvalue weighted by atomic mass is 10.1. The van der Waals surface area contributed by atoms with E-state index < -0.39 is 5.82 Å². The molecule has 112 valence electrons. The van der Waals surface area contributed by atoms with Crippen LogP contribution >= 0.6 is 12.4 Å². The first-order chi connectivity index (χ1) is 9.19. The zero-order valence-corrected chi connectivity index (χ0v) is 12.3. The van der Waals surface area contributed by atoms with Gasteiger partial charge in [0, 0.05) is 24.2 Å². The fraction of sp³-hybridized carbons (Fsp3) is 0.500. The molecule has 1 aliphatic heterocycles. The monoisotopic (exact) mass is 302 g/mol. The highest BCUT2D eigenvalue weighted by atomic mass is 35.5. The molecule has 2 N–H and O–H groups in total. The number of carbonyl (C=O) groups excluding carboxylic acids is 1. The highest BCUT2D eigenvalue weighted by Gasteiger charge is 2.15. The van der Waals surface area contributed by atoms with Crippen molar-refractivity contribution in [2.45, 2.75) is 31.7 Å². The molecule has 0 spiro atoms. The third kappa shape index (κ3) is 4.65. The van der Waals surface area contributed by atoms with Gasteiger partial charge in [-0.1, -0.05) is 0 Å². The Morgan fingerprint density at radius 1 is 1.55 bits per heavy atom. The summed E-state index contributed by atoms with van der Waals surface area (Å²) in [7, 11) is 1.40. The molecule has 1 heterocycles. The number of carbonyl (C=O) groups is 1. The van der Waals surface area contributed by atoms with Gasteiger partial charge in [-0.2, -0.15) is 0 Å². The minimum Gasteiger partial charge on any atom is -0.494 e. The number of amides is 1. The van der Waals surface area contributed by atoms with Gasteiger partial charge in [-0.25, -0.2) is 4.39 Å². The van der Waals surface area contributed by atoms with E-state index in [0.717, 1.165) is 19.4 Å². The Morgan fingerprint density at radius 3 is 3.00 bits per heavy atom. The van der Waals surface area contributed by atoms with Gasteiger partial charge in [0.1, 0.15) is 0 Å². The molecule has 20 heavy (non-hydrogen) atoms. The Hall–Kier alpha value is -1.33. The third-order valence-corrected chi connectivity index (χ3v) is 3.32. The van der Waals surface area contributed by atoms with E-state index in [1.807, 2.05) is 0 Å². The van der Waals surface area contributed by atoms with E-state index in [0.29, 0.717) is 18.2 Å². The summed E-state index contributed by atoms with van der Waals surface area (Å²) in [5.41, 5.74) is 0.558. The molecule has 0 aromatic heterocycles. The van der Waals surface area contributed by atoms with E-state index in [2.05, 4.69) is 10.6 Å². The summed E-state index contributed by atoms with van der Waals surface area (Å²) in [6, 6.07) is 4.76. The maximum Gasteiger partial charge on any atom is 0.224 e. The van der Waals surface area contributed by atoms with Crippen LogP contribution in [-0.2, 0) is 4.79 Å². The Balaban J connectivity index is 0.00000200. The Morgan fingerprint density at radius 2 is 2.35 bits per heavy atom. The number of hydrogen-bond acceptors (Lipinski definition) is 3. The molecular weight excluding hydrogens is 283 g/mol. The van der Waals surface area contributed by atoms with Crippen LogP contribution < -0.4 is 15.4 Å². The maximum absolute atomic E-state index is 13.2. The Bertz CT molecular complexity index is 451. The van der Waals surface area contributed by atoms with Crippen molar-refractivity contribution in [2.75, 3.05) is 19.0 Å². The molecule has 1 amide bonds. The van der Waals surface area contributed by atoms with E-state index in [1.54, 1.807) is 0 Å². The van der Waals surface area contributed by atoms with Crippen LogP contribution in [0.5, 0.6) is 5.75 Å². The van der Waals surface area contributed by atoms with Crippen LogP contribution in [0.4, 0.5) is 10.1 Å². The molecule has 1 aromatic rings. The fourth-order valence-electron chi connectivity index (χ4n) is 2.27. The van der Waals surface area contributed by atoms with Gasteiger partial charge < -0.3 is 15.4 Å². The predicted molar refractivity (Wildman–Crippen MR) is 79.1 cm³/mol. The van der Waals surface area contributed by atoms with Gasteiger partial charge in [0.25, 0.3) is 0 Å². The van der Waals surface area contributed by atoms with Gasteiger partial charge in [0.15, 0.2) is 11.6 Å². The molecule has 0 radical (unpaired) electrons. The lowest BCUT2D eigenvalue weighted by Crippen LogP contribution is -2.23. The van der Waals surface area contributed by atoms with Crippen molar-refractivity contribution in [1.82, 2.24) is 5.32 Å². The second-order valence-electron chi connectivity index (χ2n) is 4.73. The summed E-state index contributed by atoms with van der Waals surface area (Å²) in [5, 5.41) is 6.11. The van der Waals surface area contributed by atoms with Gasteiger partial charge in [-0.05, 0) is 37.9 Å². The normalized spacial score (nSPS) is 17.4. The zero-order valence-electron chi connectivity index (χ0n) is 11.4. The average Bonchev–Trinajstić information content (AvgIpc) is 2.92. The average molecular weight is 303 g/mol. The number of anilines is 1. The second-order valence-corrected chi connectivity index (χ2v) is 4.73. The number of halogens is 2. The topological polar surface area (TPSA) is 50.4 Å². The van der Waals surface area contributed by atoms with E-state index >= 15 is 0 Å². The smallest absolute Gasteiger partial charge is 0.224 e. The summed E-state index contributed by atoms with van der Waals surface area (Å²) in [6.07, 6.45) is 3.63. The molecule has 1 atom stereocenters. The van der Waals surface area contributed by atoms with Crippen molar-refractivity contribution < 1.29 is 13.9 Å². The second kappa shape index (κ2) is 8.07. The van der Waals surface area contributed by atoms with Crippen molar-refractivity contribution in [3.63, 3.8) is 0 Å². The van der Waals surface area contributed by atoms with Crippen molar-refractivity contribution in [1.29, 1.82) is 0 Å². The standard InChI is InChI=1S/C14H19FN2O2.ClH/c1-19-13-9-11(4-6-12(13)15)17-14(18)7-5-10-3-2-8-16-10;/h4,6,9-10,16H,2-3,5,7-8H2,1H3,(H,17,18);1H. The van der Waals surface area contributed by atoms with Crippen LogP contribution in [0.15, 0.2) is 18.2 Å². The van der Waals surface area contributed by atoms with Gasteiger partial charge in [0.05, 0.1) is 7.11 Å². The lowest BCUT2D eigenvalue weighted by Gasteiger charge is -2.10. The summed E-state index contributed by atoms with van der Waals surface area (Å²) >= 11 is 0. The van der Waals surface area contributed by atoms with Crippen LogP contribution in [-0.4, -0.2) is 25.6 Å². The molecule has 4 nitrogen and oxygen atoms in total. The van der Waals surface area contributed by atoms with Gasteiger partial charge in [0.2, 0.25) is 5.91 Å². The van der Waals surface area contributed by atoms with Gasteiger partial charge in [-0.3, -0.25) is 4.79 Å². The summed E-state index contributed by atoms with van der Waals surface area (Å²) in [5.74, 6) is -0.353. The molecule has 0 aliphatic carbocycles. The Kier molecular flexibility index (Phi) is 6.75.